The molecule has 0 aromatic carbocycles. The van der Waals surface area contributed by atoms with Crippen molar-refractivity contribution in [3.05, 3.63) is 54.1 Å². The first-order valence-electron chi connectivity index (χ1n) is 6.21. The minimum atomic E-state index is -0.895. The molecule has 2 rings (SSSR count). The lowest BCUT2D eigenvalue weighted by molar-refractivity contribution is 0.0944. The van der Waals surface area contributed by atoms with Crippen molar-refractivity contribution in [3.63, 3.8) is 0 Å². The van der Waals surface area contributed by atoms with Gasteiger partial charge in [0.25, 0.3) is 0 Å². The van der Waals surface area contributed by atoms with Crippen LogP contribution in [0.25, 0.3) is 0 Å². The predicted octanol–water partition coefficient (Wildman–Crippen LogP) is 3.69. The number of hydrogen-bond donors (Lipinski definition) is 0. The molecule has 0 spiro atoms. The Hall–Kier alpha value is -1.61. The summed E-state index contributed by atoms with van der Waals surface area (Å²) in [6.07, 6.45) is 5.41. The lowest BCUT2D eigenvalue weighted by atomic mass is 10.0. The van der Waals surface area contributed by atoms with Crippen LogP contribution in [0.1, 0.15) is 42.9 Å². The number of alkyl halides is 1. The van der Waals surface area contributed by atoms with E-state index in [2.05, 4.69) is 4.98 Å². The van der Waals surface area contributed by atoms with Crippen LogP contribution >= 0.6 is 11.6 Å². The van der Waals surface area contributed by atoms with Crippen LogP contribution in [0.15, 0.2) is 42.9 Å². The topological polar surface area (TPSA) is 34.9 Å². The third-order valence-corrected chi connectivity index (χ3v) is 3.33. The molecule has 0 aliphatic heterocycles. The summed E-state index contributed by atoms with van der Waals surface area (Å²) >= 11 is 6.12. The van der Waals surface area contributed by atoms with Crippen molar-refractivity contribution in [2.24, 2.45) is 0 Å². The Morgan fingerprint density at radius 2 is 1.95 bits per heavy atom. The average molecular weight is 277 g/mol. The maximum Gasteiger partial charge on any atom is 0.199 e. The molecule has 19 heavy (non-hydrogen) atoms. The maximum absolute atomic E-state index is 12.3. The van der Waals surface area contributed by atoms with Crippen LogP contribution < -0.4 is 0 Å². The molecule has 1 atom stereocenters. The summed E-state index contributed by atoms with van der Waals surface area (Å²) in [5, 5.41) is 0. The average Bonchev–Trinajstić information content (AvgIpc) is 2.85. The fourth-order valence-electron chi connectivity index (χ4n) is 2.03. The first-order chi connectivity index (χ1) is 8.91. The zero-order valence-electron chi connectivity index (χ0n) is 11.3. The van der Waals surface area contributed by atoms with E-state index in [1.165, 1.54) is 0 Å². The number of ketones is 1. The summed E-state index contributed by atoms with van der Waals surface area (Å²) in [4.78, 5) is 15.4. The Morgan fingerprint density at radius 3 is 2.53 bits per heavy atom. The number of pyridine rings is 1. The first-order valence-corrected chi connectivity index (χ1v) is 6.59. The molecule has 0 N–H and O–H groups in total. The van der Waals surface area contributed by atoms with Crippen molar-refractivity contribution < 1.29 is 4.79 Å². The Kier molecular flexibility index (Phi) is 3.76. The molecule has 2 aromatic heterocycles. The fourth-order valence-corrected chi connectivity index (χ4v) is 2.13. The Bertz CT molecular complexity index is 569. The zero-order chi connectivity index (χ0) is 14.0. The Morgan fingerprint density at radius 1 is 1.32 bits per heavy atom. The highest BCUT2D eigenvalue weighted by molar-refractivity contribution is 6.37. The number of nitrogens with zero attached hydrogens (tertiary/aromatic N) is 2. The van der Waals surface area contributed by atoms with Crippen molar-refractivity contribution in [1.29, 1.82) is 0 Å². The van der Waals surface area contributed by atoms with E-state index in [4.69, 9.17) is 11.6 Å². The first kappa shape index (κ1) is 13.8. The molecule has 0 radical (unpaired) electrons. The van der Waals surface area contributed by atoms with Crippen molar-refractivity contribution in [1.82, 2.24) is 9.55 Å². The third-order valence-electron chi connectivity index (χ3n) is 3.16. The van der Waals surface area contributed by atoms with E-state index >= 15 is 0 Å². The molecule has 0 fully saturated rings. The van der Waals surface area contributed by atoms with Gasteiger partial charge < -0.3 is 4.57 Å². The Balaban J connectivity index is 2.38. The quantitative estimate of drug-likeness (QED) is 0.630. The van der Waals surface area contributed by atoms with Gasteiger partial charge in [0.2, 0.25) is 0 Å². The summed E-state index contributed by atoms with van der Waals surface area (Å²) in [5.74, 6) is -0.0694. The van der Waals surface area contributed by atoms with E-state index < -0.39 is 4.87 Å². The molecular formula is C15H17ClN2O. The highest BCUT2D eigenvalue weighted by Crippen LogP contribution is 2.25. The van der Waals surface area contributed by atoms with Crippen molar-refractivity contribution in [2.75, 3.05) is 0 Å². The lowest BCUT2D eigenvalue weighted by Gasteiger charge is -2.20. The number of carbonyl (C=O) groups is 1. The molecule has 1 unspecified atom stereocenters. The number of Topliss-reactive ketones (excluding diaryl/α,β-unsaturated/α-hetero) is 1. The molecule has 0 aliphatic rings. The molecule has 2 heterocycles. The summed E-state index contributed by atoms with van der Waals surface area (Å²) in [6.45, 7) is 5.48. The van der Waals surface area contributed by atoms with Gasteiger partial charge in [-0.05, 0) is 50.6 Å². The van der Waals surface area contributed by atoms with Gasteiger partial charge in [-0.3, -0.25) is 9.78 Å². The van der Waals surface area contributed by atoms with E-state index in [0.717, 1.165) is 5.56 Å². The van der Waals surface area contributed by atoms with Crippen LogP contribution in [0.2, 0.25) is 0 Å². The standard InChI is InChI=1S/C15H17ClN2O/c1-11(12-6-8-17-9-7-12)18-10-4-5-13(18)14(19)15(2,3)16/h4-11H,1-3H3. The second-order valence-electron chi connectivity index (χ2n) is 5.06. The number of carbonyl (C=O) groups excluding carboxylic acids is 1. The molecule has 100 valence electrons. The highest BCUT2D eigenvalue weighted by Gasteiger charge is 2.28. The summed E-state index contributed by atoms with van der Waals surface area (Å²) in [6, 6.07) is 7.64. The van der Waals surface area contributed by atoms with Gasteiger partial charge in [0, 0.05) is 18.6 Å². The minimum Gasteiger partial charge on any atom is -0.338 e. The van der Waals surface area contributed by atoms with E-state index in [0.29, 0.717) is 5.69 Å². The van der Waals surface area contributed by atoms with Crippen LogP contribution in [-0.2, 0) is 0 Å². The summed E-state index contributed by atoms with van der Waals surface area (Å²) in [5.41, 5.74) is 1.73. The van der Waals surface area contributed by atoms with E-state index in [-0.39, 0.29) is 11.8 Å². The Labute approximate surface area is 118 Å². The van der Waals surface area contributed by atoms with Crippen LogP contribution in [0.4, 0.5) is 0 Å². The monoisotopic (exact) mass is 276 g/mol. The maximum atomic E-state index is 12.3. The number of aromatic nitrogens is 2. The van der Waals surface area contributed by atoms with Crippen molar-refractivity contribution >= 4 is 17.4 Å². The molecule has 2 aromatic rings. The second kappa shape index (κ2) is 5.17. The molecule has 0 amide bonds. The molecule has 0 bridgehead atoms. The van der Waals surface area contributed by atoms with Gasteiger partial charge in [-0.1, -0.05) is 0 Å². The fraction of sp³-hybridized carbons (Fsp3) is 0.333. The number of rotatable bonds is 4. The number of hydrogen-bond acceptors (Lipinski definition) is 2. The van der Waals surface area contributed by atoms with E-state index in [1.807, 2.05) is 42.0 Å². The van der Waals surface area contributed by atoms with E-state index in [1.54, 1.807) is 26.2 Å². The third kappa shape index (κ3) is 2.87. The van der Waals surface area contributed by atoms with Crippen LogP contribution in [0, 0.1) is 0 Å². The molecule has 0 aliphatic carbocycles. The van der Waals surface area contributed by atoms with Gasteiger partial charge in [-0.25, -0.2) is 0 Å². The molecule has 0 saturated heterocycles. The predicted molar refractivity (Wildman–Crippen MR) is 76.7 cm³/mol. The van der Waals surface area contributed by atoms with Crippen molar-refractivity contribution in [3.8, 4) is 0 Å². The zero-order valence-corrected chi connectivity index (χ0v) is 12.1. The van der Waals surface area contributed by atoms with Gasteiger partial charge in [0.15, 0.2) is 5.78 Å². The number of halogens is 1. The lowest BCUT2D eigenvalue weighted by Crippen LogP contribution is -2.28. The largest absolute Gasteiger partial charge is 0.338 e. The molecule has 3 nitrogen and oxygen atoms in total. The normalized spacial score (nSPS) is 13.3. The van der Waals surface area contributed by atoms with Crippen molar-refractivity contribution in [2.45, 2.75) is 31.7 Å². The van der Waals surface area contributed by atoms with Gasteiger partial charge in [0.05, 0.1) is 11.7 Å². The smallest absolute Gasteiger partial charge is 0.199 e. The SMILES string of the molecule is CC(c1ccncc1)n1cccc1C(=O)C(C)(C)Cl. The highest BCUT2D eigenvalue weighted by atomic mass is 35.5. The molecule has 0 saturated carbocycles. The van der Waals surface area contributed by atoms with Gasteiger partial charge in [0.1, 0.15) is 4.87 Å². The van der Waals surface area contributed by atoms with Gasteiger partial charge in [-0.15, -0.1) is 11.6 Å². The minimum absolute atomic E-state index is 0.0657. The molecular weight excluding hydrogens is 260 g/mol. The van der Waals surface area contributed by atoms with Crippen LogP contribution in [-0.4, -0.2) is 20.2 Å². The summed E-state index contributed by atoms with van der Waals surface area (Å²) in [7, 11) is 0. The van der Waals surface area contributed by atoms with Crippen LogP contribution in [0.5, 0.6) is 0 Å². The van der Waals surface area contributed by atoms with Gasteiger partial charge in [-0.2, -0.15) is 0 Å². The summed E-state index contributed by atoms with van der Waals surface area (Å²) < 4.78 is 1.95. The van der Waals surface area contributed by atoms with Gasteiger partial charge >= 0.3 is 0 Å². The second-order valence-corrected chi connectivity index (χ2v) is 6.00. The molecule has 4 heteroatoms. The van der Waals surface area contributed by atoms with E-state index in [9.17, 15) is 4.79 Å². The van der Waals surface area contributed by atoms with Crippen LogP contribution in [0.3, 0.4) is 0 Å².